The Labute approximate surface area is 132 Å². The van der Waals surface area contributed by atoms with Gasteiger partial charge in [0.2, 0.25) is 5.82 Å². The molecule has 0 amide bonds. The number of nitrogens with two attached hydrogens (primary N) is 1. The van der Waals surface area contributed by atoms with Crippen LogP contribution in [0, 0.1) is 11.6 Å². The van der Waals surface area contributed by atoms with Crippen LogP contribution in [-0.4, -0.2) is 4.99 Å². The molecule has 0 aromatic heterocycles. The highest BCUT2D eigenvalue weighted by Crippen LogP contribution is 2.33. The second-order valence-corrected chi connectivity index (χ2v) is 5.54. The first kappa shape index (κ1) is 15.2. The lowest BCUT2D eigenvalue weighted by Gasteiger charge is -2.12. The largest absolute Gasteiger partial charge is 0.453 e. The second kappa shape index (κ2) is 6.03. The Balaban J connectivity index is 2.51. The molecule has 0 atom stereocenters. The quantitative estimate of drug-likeness (QED) is 0.615. The molecule has 2 rings (SSSR count). The number of halogens is 4. The minimum Gasteiger partial charge on any atom is -0.453 e. The van der Waals surface area contributed by atoms with Crippen LogP contribution >= 0.6 is 39.7 Å². The second-order valence-electron chi connectivity index (χ2n) is 3.78. The minimum absolute atomic E-state index is 0.00137. The summed E-state index contributed by atoms with van der Waals surface area (Å²) in [6.45, 7) is 0. The van der Waals surface area contributed by atoms with Crippen LogP contribution in [0.4, 0.5) is 8.78 Å². The maximum absolute atomic E-state index is 13.7. The fourth-order valence-corrected chi connectivity index (χ4v) is 2.50. The molecule has 0 spiro atoms. The van der Waals surface area contributed by atoms with Crippen molar-refractivity contribution in [3.8, 4) is 11.5 Å². The summed E-state index contributed by atoms with van der Waals surface area (Å²) < 4.78 is 32.7. The van der Waals surface area contributed by atoms with Crippen LogP contribution in [-0.2, 0) is 0 Å². The summed E-state index contributed by atoms with van der Waals surface area (Å²) in [6, 6.07) is 6.96. The standard InChI is InChI=1S/C13H7BrClF2NOS/c14-6-4-8(16)12(17)10(5-6)19-9-3-1-2-7(15)11(9)13(18)20/h1-5H,(H2,18,20). The van der Waals surface area contributed by atoms with Crippen LogP contribution in [0.3, 0.4) is 0 Å². The summed E-state index contributed by atoms with van der Waals surface area (Å²) in [6.07, 6.45) is 0. The topological polar surface area (TPSA) is 35.2 Å². The summed E-state index contributed by atoms with van der Waals surface area (Å²) in [5.74, 6) is -2.28. The Bertz CT molecular complexity index is 696. The van der Waals surface area contributed by atoms with Gasteiger partial charge in [-0.05, 0) is 24.3 Å². The van der Waals surface area contributed by atoms with Crippen molar-refractivity contribution < 1.29 is 13.5 Å². The Morgan fingerprint density at radius 3 is 2.60 bits per heavy atom. The van der Waals surface area contributed by atoms with Gasteiger partial charge in [0.1, 0.15) is 10.7 Å². The van der Waals surface area contributed by atoms with Crippen molar-refractivity contribution in [1.29, 1.82) is 0 Å². The summed E-state index contributed by atoms with van der Waals surface area (Å²) in [5, 5.41) is 0.269. The van der Waals surface area contributed by atoms with E-state index < -0.39 is 11.6 Å². The molecule has 0 radical (unpaired) electrons. The number of thiocarbonyl (C=S) groups is 1. The lowest BCUT2D eigenvalue weighted by atomic mass is 10.2. The van der Waals surface area contributed by atoms with Crippen LogP contribution in [0.15, 0.2) is 34.8 Å². The SMILES string of the molecule is NC(=S)c1c(Cl)cccc1Oc1cc(Br)cc(F)c1F. The zero-order chi connectivity index (χ0) is 14.9. The lowest BCUT2D eigenvalue weighted by Crippen LogP contribution is -2.11. The highest BCUT2D eigenvalue weighted by Gasteiger charge is 2.16. The smallest absolute Gasteiger partial charge is 0.201 e. The van der Waals surface area contributed by atoms with Crippen molar-refractivity contribution >= 4 is 44.7 Å². The van der Waals surface area contributed by atoms with Crippen LogP contribution in [0.2, 0.25) is 5.02 Å². The van der Waals surface area contributed by atoms with Gasteiger partial charge in [0.05, 0.1) is 10.6 Å². The van der Waals surface area contributed by atoms with Crippen molar-refractivity contribution in [2.24, 2.45) is 5.73 Å². The fourth-order valence-electron chi connectivity index (χ4n) is 1.55. The molecule has 2 aromatic carbocycles. The molecule has 2 aromatic rings. The third-order valence-electron chi connectivity index (χ3n) is 2.40. The van der Waals surface area contributed by atoms with E-state index >= 15 is 0 Å². The highest BCUT2D eigenvalue weighted by atomic mass is 79.9. The molecule has 20 heavy (non-hydrogen) atoms. The maximum Gasteiger partial charge on any atom is 0.201 e. The van der Waals surface area contributed by atoms with E-state index in [1.807, 2.05) is 0 Å². The van der Waals surface area contributed by atoms with Crippen molar-refractivity contribution in [2.45, 2.75) is 0 Å². The van der Waals surface area contributed by atoms with Gasteiger partial charge < -0.3 is 10.5 Å². The van der Waals surface area contributed by atoms with E-state index in [0.717, 1.165) is 6.07 Å². The van der Waals surface area contributed by atoms with E-state index in [4.69, 9.17) is 34.3 Å². The molecule has 0 saturated heterocycles. The molecule has 0 aliphatic rings. The van der Waals surface area contributed by atoms with Crippen molar-refractivity contribution in [2.75, 3.05) is 0 Å². The molecule has 0 bridgehead atoms. The first-order valence-electron chi connectivity index (χ1n) is 5.31. The molecule has 7 heteroatoms. The Morgan fingerprint density at radius 1 is 1.25 bits per heavy atom. The fraction of sp³-hybridized carbons (Fsp3) is 0. The molecule has 0 fully saturated rings. The number of hydrogen-bond acceptors (Lipinski definition) is 2. The first-order chi connectivity index (χ1) is 9.40. The van der Waals surface area contributed by atoms with Gasteiger partial charge >= 0.3 is 0 Å². The number of hydrogen-bond donors (Lipinski definition) is 1. The van der Waals surface area contributed by atoms with Gasteiger partial charge in [-0.25, -0.2) is 4.39 Å². The summed E-state index contributed by atoms with van der Waals surface area (Å²) in [5.41, 5.74) is 5.82. The molecule has 0 unspecified atom stereocenters. The van der Waals surface area contributed by atoms with Gasteiger partial charge in [-0.2, -0.15) is 4.39 Å². The van der Waals surface area contributed by atoms with E-state index in [2.05, 4.69) is 15.9 Å². The molecule has 2 nitrogen and oxygen atoms in total. The average Bonchev–Trinajstić information content (AvgIpc) is 2.35. The predicted octanol–water partition coefficient (Wildman–Crippen LogP) is 4.81. The summed E-state index contributed by atoms with van der Waals surface area (Å²) >= 11 is 13.9. The molecule has 0 aliphatic carbocycles. The van der Waals surface area contributed by atoms with Gasteiger partial charge in [-0.1, -0.05) is 45.8 Å². The van der Waals surface area contributed by atoms with E-state index in [-0.39, 0.29) is 27.1 Å². The van der Waals surface area contributed by atoms with Crippen LogP contribution in [0.5, 0.6) is 11.5 Å². The molecular weight excluding hydrogens is 372 g/mol. The number of benzene rings is 2. The number of rotatable bonds is 3. The van der Waals surface area contributed by atoms with Gasteiger partial charge in [0, 0.05) is 4.47 Å². The normalized spacial score (nSPS) is 10.4. The highest BCUT2D eigenvalue weighted by molar-refractivity contribution is 9.10. The van der Waals surface area contributed by atoms with Gasteiger partial charge in [0.15, 0.2) is 11.6 Å². The number of ether oxygens (including phenoxy) is 1. The molecule has 104 valence electrons. The Hall–Kier alpha value is -1.24. The van der Waals surface area contributed by atoms with Crippen molar-refractivity contribution in [3.63, 3.8) is 0 Å². The third kappa shape index (κ3) is 3.08. The average molecular weight is 379 g/mol. The van der Waals surface area contributed by atoms with Gasteiger partial charge in [0.25, 0.3) is 0 Å². The molecule has 2 N–H and O–H groups in total. The molecule has 0 heterocycles. The van der Waals surface area contributed by atoms with E-state index in [1.54, 1.807) is 12.1 Å². The Kier molecular flexibility index (Phi) is 4.57. The first-order valence-corrected chi connectivity index (χ1v) is 6.88. The van der Waals surface area contributed by atoms with Crippen LogP contribution < -0.4 is 10.5 Å². The zero-order valence-corrected chi connectivity index (χ0v) is 13.0. The zero-order valence-electron chi connectivity index (χ0n) is 9.79. The van der Waals surface area contributed by atoms with Crippen LogP contribution in [0.25, 0.3) is 0 Å². The summed E-state index contributed by atoms with van der Waals surface area (Å²) in [7, 11) is 0. The molecular formula is C13H7BrClF2NOS. The van der Waals surface area contributed by atoms with Gasteiger partial charge in [-0.15, -0.1) is 0 Å². The summed E-state index contributed by atoms with van der Waals surface area (Å²) in [4.78, 5) is 0.00137. The monoisotopic (exact) mass is 377 g/mol. The van der Waals surface area contributed by atoms with Crippen molar-refractivity contribution in [1.82, 2.24) is 0 Å². The minimum atomic E-state index is -1.11. The van der Waals surface area contributed by atoms with Gasteiger partial charge in [-0.3, -0.25) is 0 Å². The maximum atomic E-state index is 13.7. The molecule has 0 aliphatic heterocycles. The van der Waals surface area contributed by atoms with E-state index in [1.165, 1.54) is 12.1 Å². The third-order valence-corrected chi connectivity index (χ3v) is 3.38. The van der Waals surface area contributed by atoms with Crippen molar-refractivity contribution in [3.05, 3.63) is 57.0 Å². The Morgan fingerprint density at radius 2 is 1.95 bits per heavy atom. The lowest BCUT2D eigenvalue weighted by molar-refractivity contribution is 0.415. The predicted molar refractivity (Wildman–Crippen MR) is 81.5 cm³/mol. The molecule has 0 saturated carbocycles. The van der Waals surface area contributed by atoms with E-state index in [0.29, 0.717) is 4.47 Å². The van der Waals surface area contributed by atoms with Crippen LogP contribution in [0.1, 0.15) is 5.56 Å². The van der Waals surface area contributed by atoms with E-state index in [9.17, 15) is 8.78 Å².